The average Bonchev–Trinajstić information content (AvgIpc) is 3.38. The molecule has 126 valence electrons. The SMILES string of the molecule is Cc1c(-c2ccc(Cl)cc2Cl)nc2ccccc2c1C(=O)NC1CC1. The molecule has 25 heavy (non-hydrogen) atoms. The van der Waals surface area contributed by atoms with Crippen molar-refractivity contribution in [2.75, 3.05) is 0 Å². The molecule has 1 fully saturated rings. The number of fused-ring (bicyclic) bond motifs is 1. The summed E-state index contributed by atoms with van der Waals surface area (Å²) >= 11 is 12.4. The van der Waals surface area contributed by atoms with Crippen molar-refractivity contribution in [2.45, 2.75) is 25.8 Å². The van der Waals surface area contributed by atoms with E-state index in [1.165, 1.54) is 0 Å². The Morgan fingerprint density at radius 2 is 1.92 bits per heavy atom. The zero-order valence-corrected chi connectivity index (χ0v) is 15.2. The lowest BCUT2D eigenvalue weighted by atomic mass is 9.97. The van der Waals surface area contributed by atoms with Gasteiger partial charge in [-0.05, 0) is 49.6 Å². The zero-order chi connectivity index (χ0) is 17.6. The van der Waals surface area contributed by atoms with Gasteiger partial charge in [0.1, 0.15) is 0 Å². The van der Waals surface area contributed by atoms with E-state index in [0.717, 1.165) is 34.9 Å². The second kappa shape index (κ2) is 6.32. The predicted octanol–water partition coefficient (Wildman–Crippen LogP) is 5.41. The molecule has 1 aliphatic carbocycles. The van der Waals surface area contributed by atoms with Crippen molar-refractivity contribution in [3.63, 3.8) is 0 Å². The fourth-order valence-electron chi connectivity index (χ4n) is 3.03. The van der Waals surface area contributed by atoms with Crippen molar-refractivity contribution >= 4 is 40.0 Å². The normalized spacial score (nSPS) is 13.9. The Morgan fingerprint density at radius 1 is 1.16 bits per heavy atom. The first-order chi connectivity index (χ1) is 12.0. The molecule has 1 aliphatic rings. The molecule has 0 bridgehead atoms. The van der Waals surface area contributed by atoms with Gasteiger partial charge in [0.25, 0.3) is 5.91 Å². The van der Waals surface area contributed by atoms with Crippen LogP contribution in [0.25, 0.3) is 22.2 Å². The van der Waals surface area contributed by atoms with Gasteiger partial charge in [-0.3, -0.25) is 4.79 Å². The van der Waals surface area contributed by atoms with E-state index >= 15 is 0 Å². The van der Waals surface area contributed by atoms with Crippen LogP contribution in [0.3, 0.4) is 0 Å². The van der Waals surface area contributed by atoms with Crippen molar-refractivity contribution in [3.8, 4) is 11.3 Å². The maximum Gasteiger partial charge on any atom is 0.252 e. The van der Waals surface area contributed by atoms with E-state index in [1.807, 2.05) is 37.3 Å². The number of carbonyl (C=O) groups excluding carboxylic acids is 1. The first kappa shape index (κ1) is 16.4. The third-order valence-electron chi connectivity index (χ3n) is 4.46. The molecule has 3 aromatic rings. The number of para-hydroxylation sites is 1. The number of amides is 1. The number of carbonyl (C=O) groups is 1. The second-order valence-corrected chi connectivity index (χ2v) is 7.19. The van der Waals surface area contributed by atoms with E-state index in [2.05, 4.69) is 5.32 Å². The molecule has 1 amide bonds. The Morgan fingerprint density at radius 3 is 2.64 bits per heavy atom. The molecule has 1 heterocycles. The Balaban J connectivity index is 1.96. The maximum absolute atomic E-state index is 12.9. The van der Waals surface area contributed by atoms with Gasteiger partial charge < -0.3 is 5.32 Å². The summed E-state index contributed by atoms with van der Waals surface area (Å²) in [5, 5.41) is 5.03. The summed E-state index contributed by atoms with van der Waals surface area (Å²) in [5.74, 6) is -0.0510. The summed E-state index contributed by atoms with van der Waals surface area (Å²) in [6, 6.07) is 13.3. The summed E-state index contributed by atoms with van der Waals surface area (Å²) in [6.45, 7) is 1.92. The molecule has 0 atom stereocenters. The number of pyridine rings is 1. The lowest BCUT2D eigenvalue weighted by Gasteiger charge is -2.15. The summed E-state index contributed by atoms with van der Waals surface area (Å²) in [5.41, 5.74) is 3.74. The number of hydrogen-bond acceptors (Lipinski definition) is 2. The van der Waals surface area contributed by atoms with Crippen LogP contribution in [0.15, 0.2) is 42.5 Å². The molecule has 0 radical (unpaired) electrons. The first-order valence-electron chi connectivity index (χ1n) is 8.20. The maximum atomic E-state index is 12.9. The van der Waals surface area contributed by atoms with Crippen LogP contribution in [0.5, 0.6) is 0 Å². The fourth-order valence-corrected chi connectivity index (χ4v) is 3.53. The van der Waals surface area contributed by atoms with Gasteiger partial charge in [-0.2, -0.15) is 0 Å². The predicted molar refractivity (Wildman–Crippen MR) is 102 cm³/mol. The minimum absolute atomic E-state index is 0.0510. The van der Waals surface area contributed by atoms with Crippen LogP contribution < -0.4 is 5.32 Å². The van der Waals surface area contributed by atoms with Gasteiger partial charge in [0.15, 0.2) is 0 Å². The lowest BCUT2D eigenvalue weighted by Crippen LogP contribution is -2.26. The van der Waals surface area contributed by atoms with Crippen LogP contribution in [-0.2, 0) is 0 Å². The summed E-state index contributed by atoms with van der Waals surface area (Å²) < 4.78 is 0. The van der Waals surface area contributed by atoms with Gasteiger partial charge in [-0.15, -0.1) is 0 Å². The van der Waals surface area contributed by atoms with E-state index in [-0.39, 0.29) is 5.91 Å². The lowest BCUT2D eigenvalue weighted by molar-refractivity contribution is 0.0952. The molecule has 0 aliphatic heterocycles. The number of halogens is 2. The van der Waals surface area contributed by atoms with Crippen LogP contribution in [-0.4, -0.2) is 16.9 Å². The van der Waals surface area contributed by atoms with E-state index in [1.54, 1.807) is 12.1 Å². The van der Waals surface area contributed by atoms with Crippen molar-refractivity contribution in [1.29, 1.82) is 0 Å². The fraction of sp³-hybridized carbons (Fsp3) is 0.200. The summed E-state index contributed by atoms with van der Waals surface area (Å²) in [6.07, 6.45) is 2.09. The van der Waals surface area contributed by atoms with E-state index < -0.39 is 0 Å². The third kappa shape index (κ3) is 3.10. The molecule has 2 aromatic carbocycles. The molecule has 0 spiro atoms. The van der Waals surface area contributed by atoms with Crippen molar-refractivity contribution in [2.24, 2.45) is 0 Å². The van der Waals surface area contributed by atoms with E-state index in [4.69, 9.17) is 28.2 Å². The summed E-state index contributed by atoms with van der Waals surface area (Å²) in [4.78, 5) is 17.6. The Kier molecular flexibility index (Phi) is 4.14. The second-order valence-electron chi connectivity index (χ2n) is 6.35. The highest BCUT2D eigenvalue weighted by molar-refractivity contribution is 6.36. The van der Waals surface area contributed by atoms with Crippen LogP contribution in [0.2, 0.25) is 10.0 Å². The van der Waals surface area contributed by atoms with E-state index in [0.29, 0.717) is 27.3 Å². The van der Waals surface area contributed by atoms with Crippen LogP contribution in [0.1, 0.15) is 28.8 Å². The van der Waals surface area contributed by atoms with Crippen molar-refractivity contribution in [3.05, 3.63) is 63.6 Å². The number of nitrogens with zero attached hydrogens (tertiary/aromatic N) is 1. The Bertz CT molecular complexity index is 996. The number of nitrogens with one attached hydrogen (secondary N) is 1. The quantitative estimate of drug-likeness (QED) is 0.669. The molecule has 4 rings (SSSR count). The first-order valence-corrected chi connectivity index (χ1v) is 8.96. The minimum Gasteiger partial charge on any atom is -0.349 e. The van der Waals surface area contributed by atoms with Gasteiger partial charge in [0, 0.05) is 22.0 Å². The average molecular weight is 371 g/mol. The largest absolute Gasteiger partial charge is 0.349 e. The van der Waals surface area contributed by atoms with Crippen LogP contribution in [0.4, 0.5) is 0 Å². The molecular weight excluding hydrogens is 355 g/mol. The highest BCUT2D eigenvalue weighted by Crippen LogP contribution is 2.35. The number of hydrogen-bond donors (Lipinski definition) is 1. The zero-order valence-electron chi connectivity index (χ0n) is 13.6. The van der Waals surface area contributed by atoms with Crippen molar-refractivity contribution in [1.82, 2.24) is 10.3 Å². The Hall–Kier alpha value is -2.10. The molecule has 3 nitrogen and oxygen atoms in total. The Labute approximate surface area is 156 Å². The van der Waals surface area contributed by atoms with Gasteiger partial charge in [0.2, 0.25) is 0 Å². The van der Waals surface area contributed by atoms with Gasteiger partial charge in [-0.25, -0.2) is 4.98 Å². The van der Waals surface area contributed by atoms with Gasteiger partial charge >= 0.3 is 0 Å². The van der Waals surface area contributed by atoms with Crippen LogP contribution in [0, 0.1) is 6.92 Å². The smallest absolute Gasteiger partial charge is 0.252 e. The topological polar surface area (TPSA) is 42.0 Å². The standard InChI is InChI=1S/C20H16Cl2N2O/c1-11-18(20(25)23-13-7-8-13)15-4-2-3-5-17(15)24-19(11)14-9-6-12(21)10-16(14)22/h2-6,9-10,13H,7-8H2,1H3,(H,23,25). The van der Waals surface area contributed by atoms with Crippen molar-refractivity contribution < 1.29 is 4.79 Å². The number of aromatic nitrogens is 1. The highest BCUT2D eigenvalue weighted by Gasteiger charge is 2.26. The summed E-state index contributed by atoms with van der Waals surface area (Å²) in [7, 11) is 0. The van der Waals surface area contributed by atoms with Gasteiger partial charge in [-0.1, -0.05) is 41.4 Å². The minimum atomic E-state index is -0.0510. The molecule has 0 saturated heterocycles. The number of rotatable bonds is 3. The highest BCUT2D eigenvalue weighted by atomic mass is 35.5. The molecule has 1 saturated carbocycles. The van der Waals surface area contributed by atoms with Gasteiger partial charge in [0.05, 0.1) is 21.8 Å². The third-order valence-corrected chi connectivity index (χ3v) is 5.01. The van der Waals surface area contributed by atoms with E-state index in [9.17, 15) is 4.79 Å². The molecule has 1 aromatic heterocycles. The number of benzene rings is 2. The molecule has 1 N–H and O–H groups in total. The monoisotopic (exact) mass is 370 g/mol. The molecular formula is C20H16Cl2N2O. The molecule has 0 unspecified atom stereocenters. The molecule has 5 heteroatoms. The van der Waals surface area contributed by atoms with Crippen LogP contribution >= 0.6 is 23.2 Å².